The van der Waals surface area contributed by atoms with Crippen molar-refractivity contribution in [2.24, 2.45) is 7.05 Å². The summed E-state index contributed by atoms with van der Waals surface area (Å²) in [5.74, 6) is -0.372. The van der Waals surface area contributed by atoms with E-state index in [1.807, 2.05) is 43.7 Å². The van der Waals surface area contributed by atoms with Crippen LogP contribution in [0.3, 0.4) is 0 Å². The molecule has 1 aromatic carbocycles. The van der Waals surface area contributed by atoms with Crippen molar-refractivity contribution in [2.45, 2.75) is 26.9 Å². The number of benzene rings is 1. The highest BCUT2D eigenvalue weighted by molar-refractivity contribution is 7.18. The number of carbonyl (C=O) groups is 1. The zero-order chi connectivity index (χ0) is 22.4. The van der Waals surface area contributed by atoms with Gasteiger partial charge in [-0.1, -0.05) is 37.6 Å². The molecule has 0 aliphatic carbocycles. The number of carbonyl (C=O) groups excluding carboxylic acids is 1. The van der Waals surface area contributed by atoms with E-state index in [-0.39, 0.29) is 16.9 Å². The van der Waals surface area contributed by atoms with Crippen molar-refractivity contribution >= 4 is 39.1 Å². The van der Waals surface area contributed by atoms with Gasteiger partial charge in [0, 0.05) is 49.3 Å². The largest absolute Gasteiger partial charge is 0.379 e. The Labute approximate surface area is 191 Å². The Kier molecular flexibility index (Phi) is 8.26. The number of aromatic nitrogens is 1. The van der Waals surface area contributed by atoms with Gasteiger partial charge in [-0.3, -0.25) is 14.5 Å². The van der Waals surface area contributed by atoms with Crippen molar-refractivity contribution in [1.82, 2.24) is 14.8 Å². The van der Waals surface area contributed by atoms with E-state index in [0.29, 0.717) is 17.0 Å². The van der Waals surface area contributed by atoms with Crippen molar-refractivity contribution in [3.63, 3.8) is 0 Å². The predicted octanol–water partition coefficient (Wildman–Crippen LogP) is 4.04. The van der Waals surface area contributed by atoms with E-state index in [4.69, 9.17) is 16.3 Å². The highest BCUT2D eigenvalue weighted by Gasteiger charge is 2.18. The lowest BCUT2D eigenvalue weighted by Gasteiger charge is -2.25. The smallest absolute Gasteiger partial charge is 0.257 e. The van der Waals surface area contributed by atoms with Crippen LogP contribution in [0.1, 0.15) is 34.6 Å². The van der Waals surface area contributed by atoms with E-state index in [9.17, 15) is 9.59 Å². The van der Waals surface area contributed by atoms with Crippen LogP contribution in [0, 0.1) is 0 Å². The first kappa shape index (κ1) is 23.5. The third-order valence-corrected chi connectivity index (χ3v) is 6.45. The van der Waals surface area contributed by atoms with Crippen molar-refractivity contribution in [2.75, 3.05) is 26.3 Å². The minimum Gasteiger partial charge on any atom is -0.379 e. The molecule has 0 unspecified atom stereocenters. The molecule has 6 nitrogen and oxygen atoms in total. The Hall–Kier alpha value is -2.19. The zero-order valence-electron chi connectivity index (χ0n) is 18.1. The molecule has 0 saturated carbocycles. The summed E-state index contributed by atoms with van der Waals surface area (Å²) < 4.78 is 7.26. The molecule has 0 spiro atoms. The number of ether oxygens (including phenoxy) is 1. The van der Waals surface area contributed by atoms with Crippen molar-refractivity contribution < 1.29 is 9.53 Å². The molecule has 3 aromatic rings. The van der Waals surface area contributed by atoms with Gasteiger partial charge in [0.05, 0.1) is 18.6 Å². The molecular formula is C23H28ClN3O3S. The summed E-state index contributed by atoms with van der Waals surface area (Å²) in [6.07, 6.45) is 1.62. The molecule has 2 aromatic heterocycles. The second-order valence-corrected chi connectivity index (χ2v) is 8.66. The van der Waals surface area contributed by atoms with Crippen LogP contribution in [0.2, 0.25) is 5.02 Å². The number of nitrogens with one attached hydrogen (secondary N) is 1. The average molecular weight is 462 g/mol. The predicted molar refractivity (Wildman–Crippen MR) is 127 cm³/mol. The second kappa shape index (κ2) is 10.9. The molecule has 1 N–H and O–H groups in total. The lowest BCUT2D eigenvalue weighted by molar-refractivity contribution is 0.0346. The van der Waals surface area contributed by atoms with Gasteiger partial charge in [0.15, 0.2) is 0 Å². The number of nitrogens with zero attached hydrogens (tertiary/aromatic N) is 2. The third kappa shape index (κ3) is 5.74. The van der Waals surface area contributed by atoms with Crippen molar-refractivity contribution in [3.05, 3.63) is 67.8 Å². The first-order valence-corrected chi connectivity index (χ1v) is 11.7. The van der Waals surface area contributed by atoms with Gasteiger partial charge in [-0.05, 0) is 23.8 Å². The second-order valence-electron chi connectivity index (χ2n) is 7.11. The molecular weight excluding hydrogens is 434 g/mol. The van der Waals surface area contributed by atoms with Crippen molar-refractivity contribution in [3.8, 4) is 0 Å². The molecule has 0 bridgehead atoms. The number of amides is 1. The molecule has 1 aliphatic rings. The molecule has 0 radical (unpaired) electrons. The van der Waals surface area contributed by atoms with Crippen LogP contribution in [-0.2, 0) is 24.9 Å². The highest BCUT2D eigenvalue weighted by atomic mass is 35.5. The topological polar surface area (TPSA) is 63.6 Å². The number of hydrogen-bond donors (Lipinski definition) is 1. The summed E-state index contributed by atoms with van der Waals surface area (Å²) in [4.78, 5) is 29.9. The number of fused-ring (bicyclic) bond motifs is 1. The Bertz CT molecular complexity index is 1090. The molecule has 1 saturated heterocycles. The number of aryl methyl sites for hydroxylation is 1. The lowest BCUT2D eigenvalue weighted by atomic mass is 10.2. The number of pyridine rings is 1. The first-order valence-electron chi connectivity index (χ1n) is 10.5. The van der Waals surface area contributed by atoms with Crippen LogP contribution in [0.4, 0.5) is 0 Å². The molecule has 31 heavy (non-hydrogen) atoms. The molecule has 0 atom stereocenters. The van der Waals surface area contributed by atoms with E-state index in [1.165, 1.54) is 0 Å². The maximum atomic E-state index is 13.0. The van der Waals surface area contributed by atoms with E-state index >= 15 is 0 Å². The fourth-order valence-corrected chi connectivity index (χ4v) is 4.67. The maximum absolute atomic E-state index is 13.0. The number of hydrogen-bond acceptors (Lipinski definition) is 5. The molecule has 8 heteroatoms. The summed E-state index contributed by atoms with van der Waals surface area (Å²) in [7, 11) is 1.87. The Balaban J connectivity index is 0.00000132. The van der Waals surface area contributed by atoms with Gasteiger partial charge < -0.3 is 14.6 Å². The molecule has 1 amide bonds. The summed E-state index contributed by atoms with van der Waals surface area (Å²) in [5.41, 5.74) is 0.852. The van der Waals surface area contributed by atoms with Crippen LogP contribution in [0.15, 0.2) is 41.3 Å². The van der Waals surface area contributed by atoms with Crippen LogP contribution < -0.4 is 10.7 Å². The van der Waals surface area contributed by atoms with Gasteiger partial charge >= 0.3 is 0 Å². The van der Waals surface area contributed by atoms with Gasteiger partial charge in [0.25, 0.3) is 5.91 Å². The van der Waals surface area contributed by atoms with Crippen LogP contribution in [0.5, 0.6) is 0 Å². The van der Waals surface area contributed by atoms with Gasteiger partial charge in [-0.25, -0.2) is 0 Å². The zero-order valence-corrected chi connectivity index (χ0v) is 19.7. The summed E-state index contributed by atoms with van der Waals surface area (Å²) in [6, 6.07) is 9.17. The van der Waals surface area contributed by atoms with Gasteiger partial charge in [-0.2, -0.15) is 0 Å². The Morgan fingerprint density at radius 1 is 1.19 bits per heavy atom. The Morgan fingerprint density at radius 2 is 1.87 bits per heavy atom. The minimum absolute atomic E-state index is 0.157. The van der Waals surface area contributed by atoms with E-state index in [1.54, 1.807) is 29.7 Å². The third-order valence-electron chi connectivity index (χ3n) is 4.99. The molecule has 3 heterocycles. The molecule has 4 rings (SSSR count). The summed E-state index contributed by atoms with van der Waals surface area (Å²) in [6.45, 7) is 8.39. The van der Waals surface area contributed by atoms with Crippen molar-refractivity contribution in [1.29, 1.82) is 0 Å². The Morgan fingerprint density at radius 3 is 2.55 bits per heavy atom. The summed E-state index contributed by atoms with van der Waals surface area (Å²) in [5, 5.41) is 4.07. The first-order chi connectivity index (χ1) is 15.0. The SMILES string of the molecule is CC.Cn1cc(C(=O)NCc2ccc(Cl)cc2)c(=O)c2cc(CN3CCOCC3)sc21. The lowest BCUT2D eigenvalue weighted by Crippen LogP contribution is -2.35. The van der Waals surface area contributed by atoms with Gasteiger partial charge in [0.1, 0.15) is 10.4 Å². The summed E-state index contributed by atoms with van der Waals surface area (Å²) >= 11 is 7.49. The molecule has 1 aliphatic heterocycles. The quantitative estimate of drug-likeness (QED) is 0.622. The van der Waals surface area contributed by atoms with Crippen LogP contribution in [-0.4, -0.2) is 41.7 Å². The maximum Gasteiger partial charge on any atom is 0.257 e. The highest BCUT2D eigenvalue weighted by Crippen LogP contribution is 2.25. The van der Waals surface area contributed by atoms with E-state index < -0.39 is 0 Å². The number of thiophene rings is 1. The minimum atomic E-state index is -0.372. The fraction of sp³-hybridized carbons (Fsp3) is 0.391. The number of rotatable bonds is 5. The van der Waals surface area contributed by atoms with E-state index in [0.717, 1.165) is 48.1 Å². The average Bonchev–Trinajstić information content (AvgIpc) is 3.22. The standard InChI is InChI=1S/C21H22ClN3O3S.C2H6/c1-24-13-18(20(27)23-11-14-2-4-15(22)5-3-14)19(26)17-10-16(29-21(17)24)12-25-6-8-28-9-7-25;1-2/h2-5,10,13H,6-9,11-12H2,1H3,(H,23,27);1-2H3. The fourth-order valence-electron chi connectivity index (χ4n) is 3.41. The monoisotopic (exact) mass is 461 g/mol. The van der Waals surface area contributed by atoms with Gasteiger partial charge in [0.2, 0.25) is 5.43 Å². The van der Waals surface area contributed by atoms with E-state index in [2.05, 4.69) is 10.2 Å². The van der Waals surface area contributed by atoms with Crippen LogP contribution >= 0.6 is 22.9 Å². The normalized spacial score (nSPS) is 14.2. The number of morpholine rings is 1. The van der Waals surface area contributed by atoms with Crippen LogP contribution in [0.25, 0.3) is 10.2 Å². The van der Waals surface area contributed by atoms with Gasteiger partial charge in [-0.15, -0.1) is 11.3 Å². The number of halogens is 1. The molecule has 1 fully saturated rings. The molecule has 166 valence electrons.